The number of anilines is 1. The van der Waals surface area contributed by atoms with Crippen molar-refractivity contribution in [3.05, 3.63) is 106 Å². The number of rotatable bonds is 10. The summed E-state index contributed by atoms with van der Waals surface area (Å²) in [6, 6.07) is 18.7. The number of fused-ring (bicyclic) bond motifs is 1. The Morgan fingerprint density at radius 1 is 1.07 bits per heavy atom. The molecule has 2 aromatic heterocycles. The van der Waals surface area contributed by atoms with Crippen LogP contribution in [-0.2, 0) is 17.8 Å². The maximum Gasteiger partial charge on any atom is 0.335 e. The van der Waals surface area contributed by atoms with E-state index in [1.165, 1.54) is 31.5 Å². The van der Waals surface area contributed by atoms with Crippen LogP contribution in [0, 0.1) is 0 Å². The highest BCUT2D eigenvalue weighted by atomic mass is 16.5. The summed E-state index contributed by atoms with van der Waals surface area (Å²) in [4.78, 5) is 59.8. The average molecular weight is 568 g/mol. The molecule has 42 heavy (non-hydrogen) atoms. The Balaban J connectivity index is 1.46. The first-order valence-corrected chi connectivity index (χ1v) is 12.7. The van der Waals surface area contributed by atoms with Gasteiger partial charge in [-0.3, -0.25) is 19.0 Å². The van der Waals surface area contributed by atoms with Crippen LogP contribution in [-0.4, -0.2) is 50.5 Å². The Morgan fingerprint density at radius 2 is 1.86 bits per heavy atom. The second-order valence-electron chi connectivity index (χ2n) is 9.34. The number of aromatic carboxylic acids is 1. The zero-order chi connectivity index (χ0) is 29.8. The summed E-state index contributed by atoms with van der Waals surface area (Å²) < 4.78 is 12.0. The number of oxazole rings is 1. The van der Waals surface area contributed by atoms with E-state index in [1.54, 1.807) is 48.5 Å². The molecule has 2 heterocycles. The molecule has 0 spiro atoms. The van der Waals surface area contributed by atoms with Gasteiger partial charge in [-0.1, -0.05) is 42.5 Å². The standard InChI is InChI=1S/C30H25N5O7/c1-41-20-9-5-8-18(13-20)27-32-15-21(31)29(38)35(27)16-25(36)33-23(12-17-6-3-2-4-7-17)26(37)28-34-22-14-19(30(39)40)10-11-24(22)42-28/h2-11,13-15,23H,12,16,31H2,1H3,(H,33,36)(H,39,40). The lowest BCUT2D eigenvalue weighted by Gasteiger charge is -2.18. The van der Waals surface area contributed by atoms with E-state index in [0.29, 0.717) is 11.3 Å². The summed E-state index contributed by atoms with van der Waals surface area (Å²) in [6.45, 7) is -0.489. The number of amides is 1. The predicted octanol–water partition coefficient (Wildman–Crippen LogP) is 2.95. The summed E-state index contributed by atoms with van der Waals surface area (Å²) in [7, 11) is 1.50. The molecule has 5 aromatic rings. The number of carbonyl (C=O) groups is 3. The molecule has 12 heteroatoms. The van der Waals surface area contributed by atoms with Crippen molar-refractivity contribution in [2.24, 2.45) is 0 Å². The van der Waals surface area contributed by atoms with E-state index in [1.807, 2.05) is 6.07 Å². The molecule has 12 nitrogen and oxygen atoms in total. The first kappa shape index (κ1) is 27.8. The molecule has 0 fully saturated rings. The van der Waals surface area contributed by atoms with Gasteiger partial charge >= 0.3 is 5.97 Å². The number of methoxy groups -OCH3 is 1. The van der Waals surface area contributed by atoms with Crippen LogP contribution < -0.4 is 21.3 Å². The molecule has 3 aromatic carbocycles. The molecule has 1 atom stereocenters. The first-order valence-electron chi connectivity index (χ1n) is 12.7. The van der Waals surface area contributed by atoms with Gasteiger partial charge in [-0.15, -0.1) is 0 Å². The van der Waals surface area contributed by atoms with Crippen molar-refractivity contribution in [3.8, 4) is 17.1 Å². The van der Waals surface area contributed by atoms with Crippen LogP contribution in [0.5, 0.6) is 5.75 Å². The Morgan fingerprint density at radius 3 is 2.60 bits per heavy atom. The third-order valence-corrected chi connectivity index (χ3v) is 6.48. The van der Waals surface area contributed by atoms with Crippen LogP contribution in [0.15, 0.2) is 88.2 Å². The molecule has 4 N–H and O–H groups in total. The minimum absolute atomic E-state index is 0.0167. The number of aromatic nitrogens is 3. The van der Waals surface area contributed by atoms with Crippen LogP contribution in [0.2, 0.25) is 0 Å². The Hall–Kier alpha value is -5.78. The number of nitrogen functional groups attached to an aromatic ring is 1. The molecular weight excluding hydrogens is 542 g/mol. The number of Topliss-reactive ketones (excluding diaryl/α,β-unsaturated/α-hetero) is 1. The summed E-state index contributed by atoms with van der Waals surface area (Å²) >= 11 is 0. The lowest BCUT2D eigenvalue weighted by molar-refractivity contribution is -0.122. The zero-order valence-electron chi connectivity index (χ0n) is 22.3. The summed E-state index contributed by atoms with van der Waals surface area (Å²) in [5, 5.41) is 12.0. The number of ketones is 1. The SMILES string of the molecule is COc1cccc(-c2ncc(N)c(=O)n2CC(=O)NC(Cc2ccccc2)C(=O)c2nc3cc(C(=O)O)ccc3o2)c1. The van der Waals surface area contributed by atoms with Gasteiger partial charge in [-0.05, 0) is 35.9 Å². The van der Waals surface area contributed by atoms with Crippen LogP contribution in [0.4, 0.5) is 5.69 Å². The fourth-order valence-electron chi connectivity index (χ4n) is 4.40. The molecule has 0 radical (unpaired) electrons. The molecule has 1 unspecified atom stereocenters. The highest BCUT2D eigenvalue weighted by molar-refractivity contribution is 6.01. The number of benzene rings is 3. The van der Waals surface area contributed by atoms with Crippen LogP contribution in [0.1, 0.15) is 26.6 Å². The van der Waals surface area contributed by atoms with E-state index >= 15 is 0 Å². The summed E-state index contributed by atoms with van der Waals surface area (Å²) in [6.07, 6.45) is 1.31. The third-order valence-electron chi connectivity index (χ3n) is 6.48. The number of carboxylic acid groups (broad SMARTS) is 1. The predicted molar refractivity (Wildman–Crippen MR) is 152 cm³/mol. The molecule has 0 bridgehead atoms. The van der Waals surface area contributed by atoms with Crippen molar-refractivity contribution >= 4 is 34.4 Å². The second kappa shape index (κ2) is 11.8. The largest absolute Gasteiger partial charge is 0.497 e. The van der Waals surface area contributed by atoms with Crippen LogP contribution in [0.3, 0.4) is 0 Å². The van der Waals surface area contributed by atoms with E-state index in [2.05, 4.69) is 15.3 Å². The maximum atomic E-state index is 13.6. The topological polar surface area (TPSA) is 180 Å². The van der Waals surface area contributed by atoms with Crippen molar-refractivity contribution < 1.29 is 28.6 Å². The fraction of sp³-hybridized carbons (Fsp3) is 0.133. The number of ether oxygens (including phenoxy) is 1. The van der Waals surface area contributed by atoms with Gasteiger partial charge in [0.05, 0.1) is 18.9 Å². The normalized spacial score (nSPS) is 11.6. The minimum atomic E-state index is -1.15. The number of nitrogens with two attached hydrogens (primary N) is 1. The van der Waals surface area contributed by atoms with Crippen LogP contribution in [0.25, 0.3) is 22.5 Å². The molecular formula is C30H25N5O7. The highest BCUT2D eigenvalue weighted by Gasteiger charge is 2.28. The van der Waals surface area contributed by atoms with Crippen molar-refractivity contribution in [1.29, 1.82) is 0 Å². The number of carboxylic acids is 1. The van der Waals surface area contributed by atoms with Crippen molar-refractivity contribution in [3.63, 3.8) is 0 Å². The second-order valence-corrected chi connectivity index (χ2v) is 9.34. The number of hydrogen-bond acceptors (Lipinski definition) is 9. The quantitative estimate of drug-likeness (QED) is 0.212. The lowest BCUT2D eigenvalue weighted by Crippen LogP contribution is -2.45. The van der Waals surface area contributed by atoms with Gasteiger partial charge in [0.1, 0.15) is 35.4 Å². The molecule has 0 aliphatic carbocycles. The van der Waals surface area contributed by atoms with Crippen LogP contribution >= 0.6 is 0 Å². The molecule has 0 aliphatic heterocycles. The Labute approximate surface area is 238 Å². The van der Waals surface area contributed by atoms with E-state index in [-0.39, 0.29) is 40.5 Å². The van der Waals surface area contributed by atoms with Crippen molar-refractivity contribution in [2.45, 2.75) is 19.0 Å². The maximum absolute atomic E-state index is 13.6. The van der Waals surface area contributed by atoms with Gasteiger partial charge in [0, 0.05) is 12.0 Å². The number of nitrogens with one attached hydrogen (secondary N) is 1. The summed E-state index contributed by atoms with van der Waals surface area (Å²) in [5.74, 6) is -2.03. The highest BCUT2D eigenvalue weighted by Crippen LogP contribution is 2.22. The Bertz CT molecular complexity index is 1860. The number of hydrogen-bond donors (Lipinski definition) is 3. The first-order chi connectivity index (χ1) is 20.2. The van der Waals surface area contributed by atoms with Gasteiger partial charge < -0.3 is 25.3 Å². The minimum Gasteiger partial charge on any atom is -0.497 e. The van der Waals surface area contributed by atoms with E-state index in [9.17, 15) is 24.3 Å². The molecule has 5 rings (SSSR count). The van der Waals surface area contributed by atoms with Gasteiger partial charge in [0.2, 0.25) is 11.7 Å². The van der Waals surface area contributed by atoms with E-state index in [4.69, 9.17) is 14.9 Å². The monoisotopic (exact) mass is 567 g/mol. The smallest absolute Gasteiger partial charge is 0.335 e. The number of nitrogens with zero attached hydrogens (tertiary/aromatic N) is 3. The van der Waals surface area contributed by atoms with Gasteiger partial charge in [0.15, 0.2) is 5.58 Å². The van der Waals surface area contributed by atoms with Gasteiger partial charge in [0.25, 0.3) is 11.4 Å². The lowest BCUT2D eigenvalue weighted by atomic mass is 10.0. The number of carbonyl (C=O) groups excluding carboxylic acids is 2. The molecule has 212 valence electrons. The zero-order valence-corrected chi connectivity index (χ0v) is 22.3. The summed E-state index contributed by atoms with van der Waals surface area (Å²) in [5.41, 5.74) is 6.70. The van der Waals surface area contributed by atoms with E-state index in [0.717, 1.165) is 10.1 Å². The van der Waals surface area contributed by atoms with Crippen molar-refractivity contribution in [2.75, 3.05) is 12.8 Å². The fourth-order valence-corrected chi connectivity index (χ4v) is 4.40. The van der Waals surface area contributed by atoms with Crippen molar-refractivity contribution in [1.82, 2.24) is 19.9 Å². The molecule has 0 saturated heterocycles. The molecule has 1 amide bonds. The average Bonchev–Trinajstić information content (AvgIpc) is 3.43. The molecule has 0 aliphatic rings. The molecule has 0 saturated carbocycles. The van der Waals surface area contributed by atoms with E-state index < -0.39 is 35.8 Å². The van der Waals surface area contributed by atoms with Gasteiger partial charge in [-0.2, -0.15) is 0 Å². The van der Waals surface area contributed by atoms with Gasteiger partial charge in [-0.25, -0.2) is 14.8 Å². The Kier molecular flexibility index (Phi) is 7.78. The third kappa shape index (κ3) is 5.87.